The molecule has 2 rings (SSSR count). The summed E-state index contributed by atoms with van der Waals surface area (Å²) >= 11 is 0. The summed E-state index contributed by atoms with van der Waals surface area (Å²) in [5.41, 5.74) is 1.99. The predicted molar refractivity (Wildman–Crippen MR) is 79.6 cm³/mol. The third-order valence-electron chi connectivity index (χ3n) is 3.87. The second-order valence-corrected chi connectivity index (χ2v) is 5.45. The summed E-state index contributed by atoms with van der Waals surface area (Å²) in [6.45, 7) is 2.86. The van der Waals surface area contributed by atoms with Gasteiger partial charge in [-0.05, 0) is 48.9 Å². The van der Waals surface area contributed by atoms with E-state index >= 15 is 0 Å². The average molecular weight is 294 g/mol. The molecule has 0 heterocycles. The first-order valence-corrected chi connectivity index (χ1v) is 7.60. The lowest BCUT2D eigenvalue weighted by Crippen LogP contribution is -2.44. The molecule has 1 aromatic rings. The van der Waals surface area contributed by atoms with E-state index in [1.165, 1.54) is 12.1 Å². The summed E-state index contributed by atoms with van der Waals surface area (Å²) in [6, 6.07) is 4.47. The van der Waals surface area contributed by atoms with Gasteiger partial charge in [-0.15, -0.1) is 0 Å². The molecule has 0 aromatic heterocycles. The number of rotatable bonds is 5. The quantitative estimate of drug-likeness (QED) is 0.877. The molecule has 0 saturated carbocycles. The van der Waals surface area contributed by atoms with E-state index in [4.69, 9.17) is 5.11 Å². The minimum absolute atomic E-state index is 0.0523. The number of nitrogens with zero attached hydrogens (tertiary/aromatic N) is 1. The van der Waals surface area contributed by atoms with Crippen LogP contribution in [0.25, 0.3) is 0 Å². The largest absolute Gasteiger partial charge is 0.395 e. The maximum atomic E-state index is 13.4. The fourth-order valence-corrected chi connectivity index (χ4v) is 2.87. The van der Waals surface area contributed by atoms with E-state index < -0.39 is 0 Å². The maximum Gasteiger partial charge on any atom is 0.317 e. The van der Waals surface area contributed by atoms with Gasteiger partial charge in [0.1, 0.15) is 5.82 Å². The van der Waals surface area contributed by atoms with Crippen LogP contribution in [-0.2, 0) is 6.42 Å². The summed E-state index contributed by atoms with van der Waals surface area (Å²) < 4.78 is 13.4. The summed E-state index contributed by atoms with van der Waals surface area (Å²) in [5.74, 6) is -0.268. The number of hydrogen-bond donors (Lipinski definition) is 2. The molecule has 1 aliphatic rings. The Morgan fingerprint density at radius 1 is 1.48 bits per heavy atom. The zero-order chi connectivity index (χ0) is 15.2. The highest BCUT2D eigenvalue weighted by Gasteiger charge is 2.24. The number of fused-ring (bicyclic) bond motifs is 1. The topological polar surface area (TPSA) is 52.6 Å². The standard InChI is InChI=1S/C16H23FN2O2/c1-2-8-19(9-10-20)16(21)18-15-5-3-4-12-6-7-13(17)11-14(12)15/h6-7,11,15,20H,2-5,8-10H2,1H3,(H,18,21). The number of amides is 2. The van der Waals surface area contributed by atoms with Crippen molar-refractivity contribution in [3.63, 3.8) is 0 Å². The van der Waals surface area contributed by atoms with Gasteiger partial charge in [-0.3, -0.25) is 0 Å². The first kappa shape index (κ1) is 15.8. The molecule has 0 saturated heterocycles. The molecule has 1 atom stereocenters. The van der Waals surface area contributed by atoms with Crippen molar-refractivity contribution in [2.24, 2.45) is 0 Å². The predicted octanol–water partition coefficient (Wildman–Crippen LogP) is 2.62. The summed E-state index contributed by atoms with van der Waals surface area (Å²) in [6.07, 6.45) is 3.57. The second-order valence-electron chi connectivity index (χ2n) is 5.45. The molecule has 1 aliphatic carbocycles. The van der Waals surface area contributed by atoms with Crippen molar-refractivity contribution in [2.75, 3.05) is 19.7 Å². The molecule has 2 N–H and O–H groups in total. The monoisotopic (exact) mass is 294 g/mol. The van der Waals surface area contributed by atoms with Crippen LogP contribution in [-0.4, -0.2) is 35.7 Å². The fourth-order valence-electron chi connectivity index (χ4n) is 2.87. The Balaban J connectivity index is 2.09. The van der Waals surface area contributed by atoms with E-state index in [0.29, 0.717) is 13.1 Å². The van der Waals surface area contributed by atoms with E-state index in [0.717, 1.165) is 36.8 Å². The lowest BCUT2D eigenvalue weighted by Gasteiger charge is -2.29. The number of carbonyl (C=O) groups excluding carboxylic acids is 1. The van der Waals surface area contributed by atoms with Crippen LogP contribution in [0.3, 0.4) is 0 Å². The molecule has 1 aromatic carbocycles. The molecule has 1 unspecified atom stereocenters. The zero-order valence-corrected chi connectivity index (χ0v) is 12.4. The molecule has 0 bridgehead atoms. The number of hydrogen-bond acceptors (Lipinski definition) is 2. The van der Waals surface area contributed by atoms with Crippen LogP contribution in [0.15, 0.2) is 18.2 Å². The zero-order valence-electron chi connectivity index (χ0n) is 12.4. The highest BCUT2D eigenvalue weighted by Crippen LogP contribution is 2.30. The number of halogens is 1. The number of aliphatic hydroxyl groups is 1. The van der Waals surface area contributed by atoms with E-state index in [2.05, 4.69) is 5.32 Å². The molecule has 5 heteroatoms. The first-order chi connectivity index (χ1) is 10.2. The Kier molecular flexibility index (Phi) is 5.56. The Labute approximate surface area is 125 Å². The molecule has 0 fully saturated rings. The number of urea groups is 1. The smallest absolute Gasteiger partial charge is 0.317 e. The van der Waals surface area contributed by atoms with Gasteiger partial charge in [0.2, 0.25) is 0 Å². The van der Waals surface area contributed by atoms with E-state index in [-0.39, 0.29) is 24.5 Å². The van der Waals surface area contributed by atoms with Gasteiger partial charge in [-0.1, -0.05) is 13.0 Å². The van der Waals surface area contributed by atoms with E-state index in [1.807, 2.05) is 6.92 Å². The molecule has 4 nitrogen and oxygen atoms in total. The van der Waals surface area contributed by atoms with Crippen molar-refractivity contribution in [3.8, 4) is 0 Å². The van der Waals surface area contributed by atoms with Crippen LogP contribution in [0.1, 0.15) is 43.4 Å². The molecule has 0 spiro atoms. The van der Waals surface area contributed by atoms with Crippen molar-refractivity contribution in [1.29, 1.82) is 0 Å². The second kappa shape index (κ2) is 7.41. The number of carbonyl (C=O) groups is 1. The lowest BCUT2D eigenvalue weighted by atomic mass is 9.87. The van der Waals surface area contributed by atoms with Crippen LogP contribution in [0.2, 0.25) is 0 Å². The first-order valence-electron chi connectivity index (χ1n) is 7.60. The van der Waals surface area contributed by atoms with Gasteiger partial charge in [0, 0.05) is 13.1 Å². The van der Waals surface area contributed by atoms with Gasteiger partial charge in [0.25, 0.3) is 0 Å². The Bertz CT molecular complexity index is 487. The maximum absolute atomic E-state index is 13.4. The number of nitrogens with one attached hydrogen (secondary N) is 1. The van der Waals surface area contributed by atoms with Crippen molar-refractivity contribution in [2.45, 2.75) is 38.6 Å². The van der Waals surface area contributed by atoms with Crippen LogP contribution < -0.4 is 5.32 Å². The van der Waals surface area contributed by atoms with E-state index in [1.54, 1.807) is 11.0 Å². The van der Waals surface area contributed by atoms with Gasteiger partial charge < -0.3 is 15.3 Å². The Morgan fingerprint density at radius 2 is 2.29 bits per heavy atom. The van der Waals surface area contributed by atoms with E-state index in [9.17, 15) is 9.18 Å². The normalized spacial score (nSPS) is 17.2. The minimum Gasteiger partial charge on any atom is -0.395 e. The lowest BCUT2D eigenvalue weighted by molar-refractivity contribution is 0.173. The summed E-state index contributed by atoms with van der Waals surface area (Å²) in [5, 5.41) is 12.0. The van der Waals surface area contributed by atoms with Gasteiger partial charge in [0.05, 0.1) is 12.6 Å². The van der Waals surface area contributed by atoms with Gasteiger partial charge in [0.15, 0.2) is 0 Å². The summed E-state index contributed by atoms with van der Waals surface area (Å²) in [4.78, 5) is 13.9. The van der Waals surface area contributed by atoms with Crippen molar-refractivity contribution in [1.82, 2.24) is 10.2 Å². The SMILES string of the molecule is CCCN(CCO)C(=O)NC1CCCc2ccc(F)cc21. The van der Waals surface area contributed by atoms with Crippen molar-refractivity contribution >= 4 is 6.03 Å². The average Bonchev–Trinajstić information content (AvgIpc) is 2.47. The molecular formula is C16H23FN2O2. The molecule has 2 amide bonds. The Morgan fingerprint density at radius 3 is 3.00 bits per heavy atom. The van der Waals surface area contributed by atoms with Crippen molar-refractivity contribution in [3.05, 3.63) is 35.1 Å². The van der Waals surface area contributed by atoms with Crippen LogP contribution >= 0.6 is 0 Å². The molecule has 116 valence electrons. The molecular weight excluding hydrogens is 271 g/mol. The molecule has 0 aliphatic heterocycles. The number of benzene rings is 1. The number of aliphatic hydroxyl groups excluding tert-OH is 1. The minimum atomic E-state index is -0.268. The van der Waals surface area contributed by atoms with Gasteiger partial charge in [-0.25, -0.2) is 9.18 Å². The molecule has 0 radical (unpaired) electrons. The van der Waals surface area contributed by atoms with Crippen LogP contribution in [0.4, 0.5) is 9.18 Å². The van der Waals surface area contributed by atoms with Gasteiger partial charge in [-0.2, -0.15) is 0 Å². The van der Waals surface area contributed by atoms with Crippen molar-refractivity contribution < 1.29 is 14.3 Å². The van der Waals surface area contributed by atoms with Gasteiger partial charge >= 0.3 is 6.03 Å². The fraction of sp³-hybridized carbons (Fsp3) is 0.562. The van der Waals surface area contributed by atoms with Crippen LogP contribution in [0, 0.1) is 5.82 Å². The summed E-state index contributed by atoms with van der Waals surface area (Å²) in [7, 11) is 0. The highest BCUT2D eigenvalue weighted by atomic mass is 19.1. The van der Waals surface area contributed by atoms with Crippen LogP contribution in [0.5, 0.6) is 0 Å². The third-order valence-corrected chi connectivity index (χ3v) is 3.87. The third kappa shape index (κ3) is 3.94. The Hall–Kier alpha value is -1.62. The molecule has 21 heavy (non-hydrogen) atoms. The number of aryl methyl sites for hydroxylation is 1. The highest BCUT2D eigenvalue weighted by molar-refractivity contribution is 5.74.